The van der Waals surface area contributed by atoms with Crippen LogP contribution in [0.25, 0.3) is 0 Å². The van der Waals surface area contributed by atoms with E-state index in [1.54, 1.807) is 30.6 Å². The Kier molecular flexibility index (Phi) is 13.1. The molecular formula is C30H44N4O2S2. The third kappa shape index (κ3) is 8.46. The van der Waals surface area contributed by atoms with Crippen molar-refractivity contribution in [1.29, 1.82) is 0 Å². The van der Waals surface area contributed by atoms with Crippen LogP contribution in [0.2, 0.25) is 0 Å². The van der Waals surface area contributed by atoms with Gasteiger partial charge in [-0.25, -0.2) is 4.79 Å². The quantitative estimate of drug-likeness (QED) is 0.230. The lowest BCUT2D eigenvalue weighted by atomic mass is 10.1. The van der Waals surface area contributed by atoms with Crippen LogP contribution < -0.4 is 21.5 Å². The Hall–Kier alpha value is -2.58. The van der Waals surface area contributed by atoms with E-state index in [1.807, 2.05) is 19.9 Å². The van der Waals surface area contributed by atoms with E-state index in [-0.39, 0.29) is 10.9 Å². The molecule has 0 spiro atoms. The summed E-state index contributed by atoms with van der Waals surface area (Å²) in [4.78, 5) is 30.5. The highest BCUT2D eigenvalue weighted by atomic mass is 32.2. The number of allylic oxidation sites excluding steroid dienone is 3. The van der Waals surface area contributed by atoms with Crippen molar-refractivity contribution < 1.29 is 0 Å². The molecule has 0 radical (unpaired) electrons. The Labute approximate surface area is 236 Å². The third-order valence-electron chi connectivity index (χ3n) is 6.11. The fourth-order valence-corrected chi connectivity index (χ4v) is 6.30. The van der Waals surface area contributed by atoms with Crippen molar-refractivity contribution in [3.63, 3.8) is 0 Å². The predicted octanol–water partition coefficient (Wildman–Crippen LogP) is 7.94. The van der Waals surface area contributed by atoms with Gasteiger partial charge in [-0.2, -0.15) is 0 Å². The number of nitrogens with one attached hydrogen (secondary N) is 2. The number of nitrogens with zero attached hydrogens (tertiary/aromatic N) is 2. The molecule has 1 atom stereocenters. The number of anilines is 2. The second-order valence-electron chi connectivity index (χ2n) is 9.32. The largest absolute Gasteiger partial charge is 0.350 e. The van der Waals surface area contributed by atoms with Gasteiger partial charge in [-0.3, -0.25) is 14.3 Å². The van der Waals surface area contributed by atoms with E-state index >= 15 is 0 Å². The average molecular weight is 557 g/mol. The molecule has 8 heteroatoms. The molecule has 6 nitrogen and oxygen atoms in total. The normalized spacial score (nSPS) is 13.3. The molecule has 0 amide bonds. The first-order chi connectivity index (χ1) is 18.2. The van der Waals surface area contributed by atoms with Crippen LogP contribution in [-0.2, 0) is 7.05 Å². The van der Waals surface area contributed by atoms with Crippen molar-refractivity contribution in [2.45, 2.75) is 85.9 Å². The highest BCUT2D eigenvalue weighted by Crippen LogP contribution is 2.39. The van der Waals surface area contributed by atoms with Crippen LogP contribution in [-0.4, -0.2) is 14.9 Å². The molecule has 1 unspecified atom stereocenters. The van der Waals surface area contributed by atoms with Crippen LogP contribution in [0.1, 0.15) is 76.6 Å². The highest BCUT2D eigenvalue weighted by molar-refractivity contribution is 8.07. The maximum absolute atomic E-state index is 13.4. The molecule has 1 heterocycles. The first kappa shape index (κ1) is 31.6. The lowest BCUT2D eigenvalue weighted by Crippen LogP contribution is -2.40. The second-order valence-corrected chi connectivity index (χ2v) is 11.5. The molecule has 0 fully saturated rings. The summed E-state index contributed by atoms with van der Waals surface area (Å²) < 4.78 is 1.52. The van der Waals surface area contributed by atoms with Crippen LogP contribution >= 0.6 is 23.5 Å². The molecule has 0 aliphatic rings. The maximum Gasteiger partial charge on any atom is 0.328 e. The summed E-state index contributed by atoms with van der Waals surface area (Å²) in [7, 11) is 1.70. The molecular weight excluding hydrogens is 512 g/mol. The van der Waals surface area contributed by atoms with Gasteiger partial charge in [0, 0.05) is 18.4 Å². The molecule has 2 N–H and O–H groups in total. The summed E-state index contributed by atoms with van der Waals surface area (Å²) in [6.45, 7) is 14.5. The summed E-state index contributed by atoms with van der Waals surface area (Å²) in [5, 5.41) is 7.70. The Bertz CT molecular complexity index is 1270. The number of aromatic amines is 1. The van der Waals surface area contributed by atoms with Gasteiger partial charge < -0.3 is 10.2 Å². The van der Waals surface area contributed by atoms with Gasteiger partial charge in [-0.05, 0) is 64.0 Å². The van der Waals surface area contributed by atoms with Crippen molar-refractivity contribution >= 4 is 34.9 Å². The van der Waals surface area contributed by atoms with Crippen LogP contribution in [0.3, 0.4) is 0 Å². The topological polar surface area (TPSA) is 70.1 Å². The summed E-state index contributed by atoms with van der Waals surface area (Å²) in [5.41, 5.74) is 3.87. The average Bonchev–Trinajstić information content (AvgIpc) is 2.87. The minimum absolute atomic E-state index is 0.0203. The van der Waals surface area contributed by atoms with E-state index in [2.05, 4.69) is 85.6 Å². The van der Waals surface area contributed by atoms with E-state index in [9.17, 15) is 9.59 Å². The SMILES string of the molecule is C/C=C/SC(CCC)N(/C(=C/CCC)S/C(=C\CC)Nc1ccc(C)cc1C)c1c(C)n(C)c(=O)[nH]c1=O. The molecule has 0 saturated heterocycles. The Morgan fingerprint density at radius 1 is 1.13 bits per heavy atom. The van der Waals surface area contributed by atoms with Crippen LogP contribution in [0, 0.1) is 20.8 Å². The molecule has 0 bridgehead atoms. The number of hydrogen-bond donors (Lipinski definition) is 2. The number of H-pyrrole nitrogens is 1. The molecule has 1 aromatic carbocycles. The zero-order valence-electron chi connectivity index (χ0n) is 24.2. The van der Waals surface area contributed by atoms with Gasteiger partial charge in [0.2, 0.25) is 0 Å². The number of aryl methyl sites for hydroxylation is 2. The lowest BCUT2D eigenvalue weighted by molar-refractivity contribution is 0.708. The lowest BCUT2D eigenvalue weighted by Gasteiger charge is -2.35. The number of benzene rings is 1. The Morgan fingerprint density at radius 2 is 1.87 bits per heavy atom. The van der Waals surface area contributed by atoms with Gasteiger partial charge >= 0.3 is 5.69 Å². The van der Waals surface area contributed by atoms with Gasteiger partial charge in [0.25, 0.3) is 5.56 Å². The molecule has 2 rings (SSSR count). The molecule has 1 aromatic heterocycles. The Morgan fingerprint density at radius 3 is 2.47 bits per heavy atom. The molecule has 0 aliphatic heterocycles. The maximum atomic E-state index is 13.4. The number of thioether (sulfide) groups is 2. The van der Waals surface area contributed by atoms with Gasteiger partial charge in [-0.15, -0.1) is 11.8 Å². The molecule has 2 aromatic rings. The number of hydrogen-bond acceptors (Lipinski definition) is 6. The third-order valence-corrected chi connectivity index (χ3v) is 8.36. The van der Waals surface area contributed by atoms with Gasteiger partial charge in [0.05, 0.1) is 15.4 Å². The highest BCUT2D eigenvalue weighted by Gasteiger charge is 2.28. The van der Waals surface area contributed by atoms with E-state index in [0.717, 1.165) is 47.8 Å². The number of rotatable bonds is 14. The standard InChI is InChI=1S/C30H44N4O2S2/c1-9-13-16-27(38-25(14-10-2)31-24-18-17-21(5)20-22(24)6)34(26(15-11-3)37-19-12-4)28-23(7)33(8)30(36)32-29(28)35/h12,14,16-20,26,31H,9-11,13,15H2,1-8H3,(H,32,35,36)/b19-12+,25-14-,27-16-. The number of unbranched alkanes of at least 4 members (excludes halogenated alkanes) is 1. The van der Waals surface area contributed by atoms with Crippen molar-refractivity contribution in [2.75, 3.05) is 10.2 Å². The zero-order chi connectivity index (χ0) is 28.2. The van der Waals surface area contributed by atoms with Crippen LogP contribution in [0.15, 0.2) is 61.5 Å². The van der Waals surface area contributed by atoms with E-state index in [4.69, 9.17) is 0 Å². The fraction of sp³-hybridized carbons (Fsp3) is 0.467. The summed E-state index contributed by atoms with van der Waals surface area (Å²) in [6, 6.07) is 6.41. The molecule has 38 heavy (non-hydrogen) atoms. The second kappa shape index (κ2) is 15.7. The van der Waals surface area contributed by atoms with E-state index < -0.39 is 5.69 Å². The zero-order valence-corrected chi connectivity index (χ0v) is 25.8. The van der Waals surface area contributed by atoms with Crippen LogP contribution in [0.5, 0.6) is 0 Å². The summed E-state index contributed by atoms with van der Waals surface area (Å²) >= 11 is 3.34. The van der Waals surface area contributed by atoms with E-state index in [0.29, 0.717) is 11.4 Å². The Balaban J connectivity index is 2.72. The minimum Gasteiger partial charge on any atom is -0.350 e. The summed E-state index contributed by atoms with van der Waals surface area (Å²) in [5.74, 6) is 0. The first-order valence-electron chi connectivity index (χ1n) is 13.5. The molecule has 0 saturated carbocycles. The predicted molar refractivity (Wildman–Crippen MR) is 169 cm³/mol. The first-order valence-corrected chi connectivity index (χ1v) is 15.2. The van der Waals surface area contributed by atoms with Gasteiger partial charge in [0.15, 0.2) is 0 Å². The van der Waals surface area contributed by atoms with Crippen molar-refractivity contribution in [3.05, 3.63) is 89.6 Å². The smallest absolute Gasteiger partial charge is 0.328 e. The summed E-state index contributed by atoms with van der Waals surface area (Å²) in [6.07, 6.45) is 11.0. The van der Waals surface area contributed by atoms with Crippen LogP contribution in [0.4, 0.5) is 11.4 Å². The molecule has 208 valence electrons. The minimum atomic E-state index is -0.404. The van der Waals surface area contributed by atoms with Gasteiger partial charge in [-0.1, -0.05) is 81.3 Å². The number of aromatic nitrogens is 2. The monoisotopic (exact) mass is 556 g/mol. The van der Waals surface area contributed by atoms with Gasteiger partial charge in [0.1, 0.15) is 5.69 Å². The fourth-order valence-electron chi connectivity index (χ4n) is 4.03. The van der Waals surface area contributed by atoms with Crippen molar-refractivity contribution in [2.24, 2.45) is 7.05 Å². The van der Waals surface area contributed by atoms with E-state index in [1.165, 1.54) is 15.7 Å². The molecule has 0 aliphatic carbocycles. The van der Waals surface area contributed by atoms with Crippen molar-refractivity contribution in [3.8, 4) is 0 Å². The van der Waals surface area contributed by atoms with Crippen molar-refractivity contribution in [1.82, 2.24) is 9.55 Å².